The summed E-state index contributed by atoms with van der Waals surface area (Å²) in [5.74, 6) is 0. The van der Waals surface area contributed by atoms with E-state index in [1.807, 2.05) is 19.1 Å². The lowest BCUT2D eigenvalue weighted by Gasteiger charge is -2.10. The molecule has 0 aliphatic rings. The van der Waals surface area contributed by atoms with Crippen LogP contribution in [0.1, 0.15) is 29.4 Å². The Labute approximate surface area is 101 Å². The van der Waals surface area contributed by atoms with Crippen LogP contribution in [0.5, 0.6) is 0 Å². The maximum Gasteiger partial charge on any atom is 0.186 e. The van der Waals surface area contributed by atoms with Gasteiger partial charge < -0.3 is 0 Å². The summed E-state index contributed by atoms with van der Waals surface area (Å²) in [5.41, 5.74) is 4.64. The lowest BCUT2D eigenvalue weighted by molar-refractivity contribution is 0.762. The van der Waals surface area contributed by atoms with Gasteiger partial charge in [-0.05, 0) is 37.5 Å². The molecule has 2 aromatic rings. The monoisotopic (exact) mass is 226 g/mol. The molecule has 4 heteroatoms. The third-order valence-electron chi connectivity index (χ3n) is 3.01. The predicted molar refractivity (Wildman–Crippen MR) is 64.9 cm³/mol. The molecule has 0 saturated carbocycles. The third kappa shape index (κ3) is 1.80. The van der Waals surface area contributed by atoms with Crippen LogP contribution in [0.25, 0.3) is 5.69 Å². The van der Waals surface area contributed by atoms with Gasteiger partial charge in [-0.2, -0.15) is 5.26 Å². The van der Waals surface area contributed by atoms with Crippen LogP contribution in [-0.2, 0) is 6.42 Å². The van der Waals surface area contributed by atoms with Crippen molar-refractivity contribution < 1.29 is 0 Å². The van der Waals surface area contributed by atoms with E-state index in [-0.39, 0.29) is 0 Å². The molecule has 0 atom stereocenters. The van der Waals surface area contributed by atoms with Crippen molar-refractivity contribution in [2.24, 2.45) is 0 Å². The predicted octanol–water partition coefficient (Wildman–Crippen LogP) is 2.32. The van der Waals surface area contributed by atoms with E-state index in [4.69, 9.17) is 5.26 Å². The highest BCUT2D eigenvalue weighted by Crippen LogP contribution is 2.19. The quantitative estimate of drug-likeness (QED) is 0.789. The van der Waals surface area contributed by atoms with Crippen molar-refractivity contribution in [1.29, 1.82) is 5.26 Å². The summed E-state index contributed by atoms with van der Waals surface area (Å²) in [7, 11) is 0. The van der Waals surface area contributed by atoms with Gasteiger partial charge in [0.2, 0.25) is 0 Å². The van der Waals surface area contributed by atoms with Crippen molar-refractivity contribution in [2.75, 3.05) is 0 Å². The molecular weight excluding hydrogens is 212 g/mol. The van der Waals surface area contributed by atoms with Gasteiger partial charge in [0.05, 0.1) is 11.4 Å². The minimum absolute atomic E-state index is 0.411. The number of aryl methyl sites for hydroxylation is 1. The second-order valence-electron chi connectivity index (χ2n) is 3.98. The molecule has 4 nitrogen and oxygen atoms in total. The highest BCUT2D eigenvalue weighted by Gasteiger charge is 2.13. The zero-order chi connectivity index (χ0) is 12.4. The molecule has 0 radical (unpaired) electrons. The van der Waals surface area contributed by atoms with Gasteiger partial charge >= 0.3 is 0 Å². The van der Waals surface area contributed by atoms with Crippen LogP contribution in [0.3, 0.4) is 0 Å². The molecule has 2 rings (SSSR count). The Kier molecular flexibility index (Phi) is 2.92. The SMILES string of the molecule is CCc1c(C#N)nnn1-c1cccc(C)c1C. The summed E-state index contributed by atoms with van der Waals surface area (Å²) in [6, 6.07) is 8.13. The number of hydrogen-bond donors (Lipinski definition) is 0. The zero-order valence-electron chi connectivity index (χ0n) is 10.2. The molecule has 0 spiro atoms. The van der Waals surface area contributed by atoms with E-state index in [1.54, 1.807) is 4.68 Å². The van der Waals surface area contributed by atoms with Crippen molar-refractivity contribution in [3.63, 3.8) is 0 Å². The molecule has 1 heterocycles. The van der Waals surface area contributed by atoms with Crippen LogP contribution in [0.15, 0.2) is 18.2 Å². The fourth-order valence-corrected chi connectivity index (χ4v) is 1.86. The number of benzene rings is 1. The van der Waals surface area contributed by atoms with Crippen molar-refractivity contribution in [1.82, 2.24) is 15.0 Å². The number of aromatic nitrogens is 3. The highest BCUT2D eigenvalue weighted by molar-refractivity contribution is 5.46. The minimum Gasteiger partial charge on any atom is -0.216 e. The van der Waals surface area contributed by atoms with Crippen molar-refractivity contribution in [2.45, 2.75) is 27.2 Å². The highest BCUT2D eigenvalue weighted by atomic mass is 15.4. The maximum atomic E-state index is 8.97. The van der Waals surface area contributed by atoms with Gasteiger partial charge in [-0.25, -0.2) is 4.68 Å². The molecule has 0 amide bonds. The lowest BCUT2D eigenvalue weighted by Crippen LogP contribution is -2.05. The Morgan fingerprint density at radius 3 is 2.76 bits per heavy atom. The van der Waals surface area contributed by atoms with Gasteiger partial charge in [-0.3, -0.25) is 0 Å². The summed E-state index contributed by atoms with van der Waals surface area (Å²) in [4.78, 5) is 0. The fraction of sp³-hybridized carbons (Fsp3) is 0.308. The second kappa shape index (κ2) is 4.38. The minimum atomic E-state index is 0.411. The van der Waals surface area contributed by atoms with E-state index in [1.165, 1.54) is 5.56 Å². The van der Waals surface area contributed by atoms with Crippen molar-refractivity contribution in [3.05, 3.63) is 40.7 Å². The molecule has 0 aliphatic carbocycles. The van der Waals surface area contributed by atoms with Crippen LogP contribution in [0.4, 0.5) is 0 Å². The molecule has 86 valence electrons. The first kappa shape index (κ1) is 11.3. The second-order valence-corrected chi connectivity index (χ2v) is 3.98. The van der Waals surface area contributed by atoms with Gasteiger partial charge in [-0.15, -0.1) is 5.10 Å². The standard InChI is InChI=1S/C13H14N4/c1-4-12-11(8-14)15-16-17(12)13-7-5-6-9(2)10(13)3/h5-7H,4H2,1-3H3. The maximum absolute atomic E-state index is 8.97. The molecular formula is C13H14N4. The first-order valence-corrected chi connectivity index (χ1v) is 5.60. The van der Waals surface area contributed by atoms with Gasteiger partial charge in [-0.1, -0.05) is 24.3 Å². The normalized spacial score (nSPS) is 10.2. The Morgan fingerprint density at radius 1 is 1.35 bits per heavy atom. The van der Waals surface area contributed by atoms with E-state index in [0.29, 0.717) is 5.69 Å². The summed E-state index contributed by atoms with van der Waals surface area (Å²) in [5, 5.41) is 16.9. The van der Waals surface area contributed by atoms with Crippen molar-refractivity contribution in [3.8, 4) is 11.8 Å². The molecule has 0 unspecified atom stereocenters. The first-order chi connectivity index (χ1) is 8.19. The average molecular weight is 226 g/mol. The van der Waals surface area contributed by atoms with E-state index >= 15 is 0 Å². The molecule has 0 aliphatic heterocycles. The third-order valence-corrected chi connectivity index (χ3v) is 3.01. The lowest BCUT2D eigenvalue weighted by atomic mass is 10.1. The number of hydrogen-bond acceptors (Lipinski definition) is 3. The molecule has 1 aromatic carbocycles. The van der Waals surface area contributed by atoms with Crippen LogP contribution in [0.2, 0.25) is 0 Å². The van der Waals surface area contributed by atoms with Crippen LogP contribution >= 0.6 is 0 Å². The van der Waals surface area contributed by atoms with E-state index in [9.17, 15) is 0 Å². The van der Waals surface area contributed by atoms with Crippen molar-refractivity contribution >= 4 is 0 Å². The topological polar surface area (TPSA) is 54.5 Å². The van der Waals surface area contributed by atoms with Crippen LogP contribution in [0, 0.1) is 25.2 Å². The Bertz CT molecular complexity index is 590. The van der Waals surface area contributed by atoms with Gasteiger partial charge in [0.15, 0.2) is 5.69 Å². The number of rotatable bonds is 2. The average Bonchev–Trinajstić information content (AvgIpc) is 2.75. The van der Waals surface area contributed by atoms with E-state index in [0.717, 1.165) is 23.4 Å². The molecule has 0 N–H and O–H groups in total. The summed E-state index contributed by atoms with van der Waals surface area (Å²) < 4.78 is 1.76. The Hall–Kier alpha value is -2.15. The number of nitrogens with zero attached hydrogens (tertiary/aromatic N) is 4. The van der Waals surface area contributed by atoms with E-state index < -0.39 is 0 Å². The largest absolute Gasteiger partial charge is 0.216 e. The van der Waals surface area contributed by atoms with E-state index in [2.05, 4.69) is 36.3 Å². The van der Waals surface area contributed by atoms with Crippen LogP contribution in [-0.4, -0.2) is 15.0 Å². The smallest absolute Gasteiger partial charge is 0.186 e. The molecule has 1 aromatic heterocycles. The summed E-state index contributed by atoms with van der Waals surface area (Å²) in [6.07, 6.45) is 0.739. The fourth-order valence-electron chi connectivity index (χ4n) is 1.86. The van der Waals surface area contributed by atoms with Gasteiger partial charge in [0.25, 0.3) is 0 Å². The molecule has 17 heavy (non-hydrogen) atoms. The first-order valence-electron chi connectivity index (χ1n) is 5.60. The molecule has 0 fully saturated rings. The zero-order valence-corrected chi connectivity index (χ0v) is 10.2. The Morgan fingerprint density at radius 2 is 2.12 bits per heavy atom. The molecule has 0 bridgehead atoms. The van der Waals surface area contributed by atoms with Gasteiger partial charge in [0, 0.05) is 0 Å². The molecule has 0 saturated heterocycles. The summed E-state index contributed by atoms with van der Waals surface area (Å²) >= 11 is 0. The van der Waals surface area contributed by atoms with Gasteiger partial charge in [0.1, 0.15) is 6.07 Å². The van der Waals surface area contributed by atoms with Crippen LogP contribution < -0.4 is 0 Å². The number of nitriles is 1. The Balaban J connectivity index is 2.65. The summed E-state index contributed by atoms with van der Waals surface area (Å²) in [6.45, 7) is 6.12.